The van der Waals surface area contributed by atoms with Crippen molar-refractivity contribution in [1.29, 1.82) is 0 Å². The second-order valence-electron chi connectivity index (χ2n) is 6.33. The summed E-state index contributed by atoms with van der Waals surface area (Å²) in [6, 6.07) is 0. The molecule has 2 fully saturated rings. The minimum Gasteiger partial charge on any atom is -0.374 e. The first kappa shape index (κ1) is 14.8. The van der Waals surface area contributed by atoms with Gasteiger partial charge in [-0.1, -0.05) is 56.0 Å². The smallest absolute Gasteiger partial charge is 0.0656 e. The van der Waals surface area contributed by atoms with E-state index in [1.807, 2.05) is 0 Å². The van der Waals surface area contributed by atoms with Crippen LogP contribution in [0.2, 0.25) is 0 Å². The molecule has 2 rings (SSSR count). The van der Waals surface area contributed by atoms with E-state index < -0.39 is 0 Å². The fourth-order valence-corrected chi connectivity index (χ4v) is 5.29. The molecule has 4 unspecified atom stereocenters. The van der Waals surface area contributed by atoms with Crippen molar-refractivity contribution < 1.29 is 4.74 Å². The summed E-state index contributed by atoms with van der Waals surface area (Å²) in [6.07, 6.45) is 11.5. The van der Waals surface area contributed by atoms with Crippen molar-refractivity contribution in [2.75, 3.05) is 0 Å². The summed E-state index contributed by atoms with van der Waals surface area (Å²) in [7, 11) is 0. The molecule has 0 bridgehead atoms. The molecular weight excluding hydrogens is 288 g/mol. The molecule has 0 aromatic heterocycles. The number of hydrogen-bond donors (Lipinski definition) is 0. The minimum atomic E-state index is 0.416. The third-order valence-corrected chi connectivity index (χ3v) is 6.96. The number of ether oxygens (including phenoxy) is 1. The molecule has 0 radical (unpaired) electrons. The van der Waals surface area contributed by atoms with Crippen LogP contribution < -0.4 is 0 Å². The first-order valence-electron chi connectivity index (χ1n) is 7.95. The van der Waals surface area contributed by atoms with Crippen LogP contribution in [0.15, 0.2) is 0 Å². The zero-order valence-electron chi connectivity index (χ0n) is 12.3. The van der Waals surface area contributed by atoms with E-state index in [1.54, 1.807) is 0 Å². The summed E-state index contributed by atoms with van der Waals surface area (Å²) in [4.78, 5) is 0.676. The average Bonchev–Trinajstić information content (AvgIpc) is 2.40. The summed E-state index contributed by atoms with van der Waals surface area (Å²) in [6.45, 7) is 6.97. The zero-order valence-corrected chi connectivity index (χ0v) is 13.8. The largest absolute Gasteiger partial charge is 0.374 e. The van der Waals surface area contributed by atoms with E-state index in [1.165, 1.54) is 51.4 Å². The molecule has 2 aliphatic rings. The first-order valence-corrected chi connectivity index (χ1v) is 8.87. The molecule has 0 spiro atoms. The molecule has 4 atom stereocenters. The van der Waals surface area contributed by atoms with Gasteiger partial charge in [0.15, 0.2) is 0 Å². The summed E-state index contributed by atoms with van der Waals surface area (Å²) in [5, 5.41) is 0. The van der Waals surface area contributed by atoms with Crippen molar-refractivity contribution in [3.63, 3.8) is 0 Å². The molecule has 2 saturated carbocycles. The summed E-state index contributed by atoms with van der Waals surface area (Å²) < 4.78 is 6.50. The van der Waals surface area contributed by atoms with Gasteiger partial charge in [-0.05, 0) is 38.0 Å². The van der Waals surface area contributed by atoms with E-state index in [2.05, 4.69) is 36.7 Å². The van der Waals surface area contributed by atoms with Crippen LogP contribution in [0.5, 0.6) is 0 Å². The van der Waals surface area contributed by atoms with E-state index in [0.29, 0.717) is 22.5 Å². The molecule has 0 aromatic carbocycles. The molecule has 0 aromatic rings. The predicted octanol–water partition coefficient (Wildman–Crippen LogP) is 5.31. The fraction of sp³-hybridized carbons (Fsp3) is 1.00. The molecule has 0 aliphatic heterocycles. The van der Waals surface area contributed by atoms with Crippen LogP contribution in [-0.4, -0.2) is 17.0 Å². The summed E-state index contributed by atoms with van der Waals surface area (Å²) >= 11 is 3.85. The quantitative estimate of drug-likeness (QED) is 0.624. The Balaban J connectivity index is 1.89. The van der Waals surface area contributed by atoms with Gasteiger partial charge < -0.3 is 4.74 Å². The Morgan fingerprint density at radius 2 is 1.83 bits per heavy atom. The third kappa shape index (κ3) is 2.65. The maximum atomic E-state index is 6.50. The van der Waals surface area contributed by atoms with Crippen LogP contribution in [0.3, 0.4) is 0 Å². The summed E-state index contributed by atoms with van der Waals surface area (Å²) in [5.74, 6) is 0.918. The lowest BCUT2D eigenvalue weighted by Crippen LogP contribution is -2.56. The van der Waals surface area contributed by atoms with Crippen LogP contribution in [0.1, 0.15) is 72.1 Å². The molecule has 0 amide bonds. The monoisotopic (exact) mass is 316 g/mol. The standard InChI is InChI=1S/C16H29BrO/c1-4-12-8-7-9-13(10-12)18-15-11-14(17)16(15,5-2)6-3/h12-15H,4-11H2,1-3H3. The van der Waals surface area contributed by atoms with Gasteiger partial charge in [-0.2, -0.15) is 0 Å². The van der Waals surface area contributed by atoms with Gasteiger partial charge in [0.2, 0.25) is 0 Å². The second kappa shape index (κ2) is 6.26. The molecule has 0 saturated heterocycles. The molecule has 2 aliphatic carbocycles. The predicted molar refractivity (Wildman–Crippen MR) is 81.3 cm³/mol. The summed E-state index contributed by atoms with van der Waals surface area (Å²) in [5.41, 5.74) is 0.416. The van der Waals surface area contributed by atoms with Crippen LogP contribution in [0, 0.1) is 11.3 Å². The lowest BCUT2D eigenvalue weighted by atomic mass is 9.62. The second-order valence-corrected chi connectivity index (χ2v) is 7.44. The van der Waals surface area contributed by atoms with Crippen LogP contribution >= 0.6 is 15.9 Å². The highest BCUT2D eigenvalue weighted by molar-refractivity contribution is 9.09. The van der Waals surface area contributed by atoms with Gasteiger partial charge in [-0.3, -0.25) is 0 Å². The Hall–Kier alpha value is 0.440. The number of rotatable bonds is 5. The van der Waals surface area contributed by atoms with E-state index in [0.717, 1.165) is 5.92 Å². The molecule has 18 heavy (non-hydrogen) atoms. The SMILES string of the molecule is CCC1CCCC(OC2CC(Br)C2(CC)CC)C1. The maximum Gasteiger partial charge on any atom is 0.0656 e. The van der Waals surface area contributed by atoms with Crippen molar-refractivity contribution in [3.05, 3.63) is 0 Å². The lowest BCUT2D eigenvalue weighted by Gasteiger charge is -2.54. The Morgan fingerprint density at radius 1 is 1.11 bits per heavy atom. The third-order valence-electron chi connectivity index (χ3n) is 5.67. The molecular formula is C16H29BrO. The fourth-order valence-electron chi connectivity index (χ4n) is 4.01. The topological polar surface area (TPSA) is 9.23 Å². The van der Waals surface area contributed by atoms with Gasteiger partial charge in [0, 0.05) is 10.2 Å². The van der Waals surface area contributed by atoms with Crippen LogP contribution in [0.4, 0.5) is 0 Å². The molecule has 0 heterocycles. The van der Waals surface area contributed by atoms with Gasteiger partial charge in [0.25, 0.3) is 0 Å². The average molecular weight is 317 g/mol. The Morgan fingerprint density at radius 3 is 2.39 bits per heavy atom. The molecule has 2 heteroatoms. The number of hydrogen-bond acceptors (Lipinski definition) is 1. The molecule has 106 valence electrons. The van der Waals surface area contributed by atoms with Crippen molar-refractivity contribution in [2.45, 2.75) is 89.2 Å². The zero-order chi connectivity index (χ0) is 13.2. The highest BCUT2D eigenvalue weighted by Crippen LogP contribution is 2.53. The highest BCUT2D eigenvalue weighted by Gasteiger charge is 2.52. The number of halogens is 1. The van der Waals surface area contributed by atoms with Crippen LogP contribution in [-0.2, 0) is 4.74 Å². The minimum absolute atomic E-state index is 0.416. The normalized spacial score (nSPS) is 39.3. The van der Waals surface area contributed by atoms with Crippen LogP contribution in [0.25, 0.3) is 0 Å². The Labute approximate surface area is 121 Å². The molecule has 0 N–H and O–H groups in total. The highest BCUT2D eigenvalue weighted by atomic mass is 79.9. The van der Waals surface area contributed by atoms with Gasteiger partial charge in [-0.15, -0.1) is 0 Å². The first-order chi connectivity index (χ1) is 8.66. The van der Waals surface area contributed by atoms with E-state index in [4.69, 9.17) is 4.74 Å². The van der Waals surface area contributed by atoms with Gasteiger partial charge >= 0.3 is 0 Å². The number of alkyl halides is 1. The van der Waals surface area contributed by atoms with Crippen molar-refractivity contribution in [1.82, 2.24) is 0 Å². The van der Waals surface area contributed by atoms with Gasteiger partial charge in [0.05, 0.1) is 12.2 Å². The van der Waals surface area contributed by atoms with E-state index in [9.17, 15) is 0 Å². The Bertz CT molecular complexity index is 262. The van der Waals surface area contributed by atoms with E-state index >= 15 is 0 Å². The lowest BCUT2D eigenvalue weighted by molar-refractivity contribution is -0.150. The Kier molecular flexibility index (Phi) is 5.16. The van der Waals surface area contributed by atoms with Crippen molar-refractivity contribution in [2.24, 2.45) is 11.3 Å². The van der Waals surface area contributed by atoms with E-state index in [-0.39, 0.29) is 0 Å². The van der Waals surface area contributed by atoms with Gasteiger partial charge in [-0.25, -0.2) is 0 Å². The van der Waals surface area contributed by atoms with Crippen molar-refractivity contribution >= 4 is 15.9 Å². The van der Waals surface area contributed by atoms with Crippen molar-refractivity contribution in [3.8, 4) is 0 Å². The molecule has 1 nitrogen and oxygen atoms in total. The van der Waals surface area contributed by atoms with Gasteiger partial charge in [0.1, 0.15) is 0 Å². The maximum absolute atomic E-state index is 6.50.